The Hall–Kier alpha value is -1.97. The molecule has 0 saturated carbocycles. The summed E-state index contributed by atoms with van der Waals surface area (Å²) in [6, 6.07) is 6.94. The van der Waals surface area contributed by atoms with Crippen molar-refractivity contribution in [2.45, 2.75) is 43.5 Å². The Labute approximate surface area is 182 Å². The molecule has 7 nitrogen and oxygen atoms in total. The number of thiazole rings is 1. The standard InChI is InChI=1S/C21H28N4O3S2/c1-16(2)17-5-7-18(8-6-17)30(27,28)24-13-11-23(12-14-24)20(26)19-4-3-10-25(19)21-22-9-15-29-21/h5-9,15-16,19H,3-4,10-14H2,1-2H3. The van der Waals surface area contributed by atoms with Crippen LogP contribution in [0.3, 0.4) is 0 Å². The van der Waals surface area contributed by atoms with Crippen LogP contribution in [0.1, 0.15) is 38.2 Å². The van der Waals surface area contributed by atoms with Crippen LogP contribution in [0, 0.1) is 0 Å². The van der Waals surface area contributed by atoms with Crippen molar-refractivity contribution in [3.05, 3.63) is 41.4 Å². The third-order valence-electron chi connectivity index (χ3n) is 5.94. The molecule has 0 bridgehead atoms. The third kappa shape index (κ3) is 4.10. The van der Waals surface area contributed by atoms with Crippen LogP contribution in [-0.4, -0.2) is 67.3 Å². The van der Waals surface area contributed by atoms with E-state index in [1.54, 1.807) is 29.7 Å². The van der Waals surface area contributed by atoms with Crippen molar-refractivity contribution in [2.24, 2.45) is 0 Å². The molecule has 2 aliphatic rings. The van der Waals surface area contributed by atoms with Crippen molar-refractivity contribution in [1.29, 1.82) is 0 Å². The van der Waals surface area contributed by atoms with Gasteiger partial charge in [0.2, 0.25) is 15.9 Å². The molecule has 1 aromatic carbocycles. The van der Waals surface area contributed by atoms with Crippen LogP contribution in [0.4, 0.5) is 5.13 Å². The second kappa shape index (κ2) is 8.64. The average molecular weight is 449 g/mol. The number of carbonyl (C=O) groups excluding carboxylic acids is 1. The predicted octanol–water partition coefficient (Wildman–Crippen LogP) is 2.77. The van der Waals surface area contributed by atoms with Gasteiger partial charge < -0.3 is 9.80 Å². The lowest BCUT2D eigenvalue weighted by molar-refractivity contribution is -0.133. The van der Waals surface area contributed by atoms with Gasteiger partial charge in [0.1, 0.15) is 6.04 Å². The van der Waals surface area contributed by atoms with Gasteiger partial charge in [-0.25, -0.2) is 13.4 Å². The fraction of sp³-hybridized carbons (Fsp3) is 0.524. The largest absolute Gasteiger partial charge is 0.338 e. The minimum Gasteiger partial charge on any atom is -0.338 e. The summed E-state index contributed by atoms with van der Waals surface area (Å²) >= 11 is 1.55. The number of sulfonamides is 1. The number of hydrogen-bond donors (Lipinski definition) is 0. The van der Waals surface area contributed by atoms with Crippen LogP contribution in [0.2, 0.25) is 0 Å². The fourth-order valence-corrected chi connectivity index (χ4v) is 6.28. The first-order chi connectivity index (χ1) is 14.4. The zero-order valence-electron chi connectivity index (χ0n) is 17.4. The Morgan fingerprint density at radius 3 is 2.40 bits per heavy atom. The highest BCUT2D eigenvalue weighted by Crippen LogP contribution is 2.29. The Morgan fingerprint density at radius 1 is 1.10 bits per heavy atom. The van der Waals surface area contributed by atoms with Crippen LogP contribution in [0.15, 0.2) is 40.7 Å². The molecule has 0 aliphatic carbocycles. The highest BCUT2D eigenvalue weighted by atomic mass is 32.2. The summed E-state index contributed by atoms with van der Waals surface area (Å²) in [4.78, 5) is 21.7. The smallest absolute Gasteiger partial charge is 0.245 e. The van der Waals surface area contributed by atoms with Crippen LogP contribution in [0.5, 0.6) is 0 Å². The quantitative estimate of drug-likeness (QED) is 0.703. The van der Waals surface area contributed by atoms with E-state index in [-0.39, 0.29) is 11.9 Å². The second-order valence-electron chi connectivity index (χ2n) is 8.12. The zero-order valence-corrected chi connectivity index (χ0v) is 19.0. The summed E-state index contributed by atoms with van der Waals surface area (Å²) in [5.74, 6) is 0.442. The van der Waals surface area contributed by atoms with E-state index in [1.807, 2.05) is 22.4 Å². The van der Waals surface area contributed by atoms with Gasteiger partial charge in [0.05, 0.1) is 4.90 Å². The van der Waals surface area contributed by atoms with Crippen molar-refractivity contribution in [3.63, 3.8) is 0 Å². The molecule has 1 amide bonds. The van der Waals surface area contributed by atoms with E-state index in [0.717, 1.165) is 30.1 Å². The molecule has 1 aromatic heterocycles. The first kappa shape index (κ1) is 21.3. The number of benzene rings is 1. The number of anilines is 1. The molecule has 0 spiro atoms. The summed E-state index contributed by atoms with van der Waals surface area (Å²) < 4.78 is 27.5. The number of rotatable bonds is 5. The fourth-order valence-electron chi connectivity index (χ4n) is 4.14. The molecule has 0 radical (unpaired) electrons. The molecule has 2 aromatic rings. The normalized spacial score (nSPS) is 20.8. The molecule has 1 atom stereocenters. The molecule has 30 heavy (non-hydrogen) atoms. The van der Waals surface area contributed by atoms with E-state index in [0.29, 0.717) is 37.0 Å². The van der Waals surface area contributed by atoms with E-state index in [4.69, 9.17) is 0 Å². The maximum absolute atomic E-state index is 13.1. The van der Waals surface area contributed by atoms with E-state index in [1.165, 1.54) is 4.31 Å². The number of aromatic nitrogens is 1. The van der Waals surface area contributed by atoms with Crippen LogP contribution in [0.25, 0.3) is 0 Å². The van der Waals surface area contributed by atoms with Gasteiger partial charge in [-0.05, 0) is 36.5 Å². The monoisotopic (exact) mass is 448 g/mol. The van der Waals surface area contributed by atoms with Gasteiger partial charge in [0.25, 0.3) is 0 Å². The highest BCUT2D eigenvalue weighted by Gasteiger charge is 2.37. The van der Waals surface area contributed by atoms with Gasteiger partial charge in [0, 0.05) is 44.3 Å². The first-order valence-electron chi connectivity index (χ1n) is 10.4. The van der Waals surface area contributed by atoms with Gasteiger partial charge in [-0.2, -0.15) is 4.31 Å². The molecule has 162 valence electrons. The SMILES string of the molecule is CC(C)c1ccc(S(=O)(=O)N2CCN(C(=O)C3CCCN3c3nccs3)CC2)cc1. The maximum Gasteiger partial charge on any atom is 0.245 e. The number of carbonyl (C=O) groups is 1. The molecule has 2 fully saturated rings. The van der Waals surface area contributed by atoms with Gasteiger partial charge in [-0.15, -0.1) is 11.3 Å². The third-order valence-corrected chi connectivity index (χ3v) is 8.66. The minimum absolute atomic E-state index is 0.0843. The van der Waals surface area contributed by atoms with E-state index in [2.05, 4.69) is 23.7 Å². The molecular weight excluding hydrogens is 420 g/mol. The Kier molecular flexibility index (Phi) is 6.13. The summed E-state index contributed by atoms with van der Waals surface area (Å²) in [6.07, 6.45) is 3.55. The summed E-state index contributed by atoms with van der Waals surface area (Å²) in [7, 11) is -3.54. The Balaban J connectivity index is 1.40. The van der Waals surface area contributed by atoms with E-state index in [9.17, 15) is 13.2 Å². The summed E-state index contributed by atoms with van der Waals surface area (Å²) in [5.41, 5.74) is 1.12. The molecular formula is C21H28N4O3S2. The van der Waals surface area contributed by atoms with Crippen molar-refractivity contribution in [1.82, 2.24) is 14.2 Å². The number of nitrogens with zero attached hydrogens (tertiary/aromatic N) is 4. The maximum atomic E-state index is 13.1. The lowest BCUT2D eigenvalue weighted by atomic mass is 10.0. The van der Waals surface area contributed by atoms with Gasteiger partial charge in [0.15, 0.2) is 5.13 Å². The zero-order chi connectivity index (χ0) is 21.3. The second-order valence-corrected chi connectivity index (χ2v) is 10.9. The molecule has 9 heteroatoms. The molecule has 4 rings (SSSR count). The minimum atomic E-state index is -3.54. The van der Waals surface area contributed by atoms with Crippen molar-refractivity contribution in [2.75, 3.05) is 37.6 Å². The molecule has 1 unspecified atom stereocenters. The van der Waals surface area contributed by atoms with Crippen molar-refractivity contribution >= 4 is 32.4 Å². The Bertz CT molecular complexity index is 966. The number of hydrogen-bond acceptors (Lipinski definition) is 6. The molecule has 2 aliphatic heterocycles. The Morgan fingerprint density at radius 2 is 1.80 bits per heavy atom. The van der Waals surface area contributed by atoms with Crippen LogP contribution >= 0.6 is 11.3 Å². The van der Waals surface area contributed by atoms with Gasteiger partial charge in [-0.3, -0.25) is 4.79 Å². The summed E-state index contributed by atoms with van der Waals surface area (Å²) in [6.45, 7) is 6.49. The van der Waals surface area contributed by atoms with E-state index < -0.39 is 10.0 Å². The number of piperazine rings is 1. The summed E-state index contributed by atoms with van der Waals surface area (Å²) in [5, 5.41) is 2.81. The highest BCUT2D eigenvalue weighted by molar-refractivity contribution is 7.89. The topological polar surface area (TPSA) is 73.8 Å². The van der Waals surface area contributed by atoms with Gasteiger partial charge in [-0.1, -0.05) is 26.0 Å². The number of amides is 1. The van der Waals surface area contributed by atoms with E-state index >= 15 is 0 Å². The lowest BCUT2D eigenvalue weighted by Gasteiger charge is -2.36. The van der Waals surface area contributed by atoms with Crippen molar-refractivity contribution < 1.29 is 13.2 Å². The predicted molar refractivity (Wildman–Crippen MR) is 118 cm³/mol. The average Bonchev–Trinajstić information content (AvgIpc) is 3.45. The first-order valence-corrected chi connectivity index (χ1v) is 12.7. The van der Waals surface area contributed by atoms with Gasteiger partial charge >= 0.3 is 0 Å². The van der Waals surface area contributed by atoms with Crippen LogP contribution < -0.4 is 4.90 Å². The molecule has 0 N–H and O–H groups in total. The van der Waals surface area contributed by atoms with Crippen molar-refractivity contribution in [3.8, 4) is 0 Å². The molecule has 2 saturated heterocycles. The van der Waals surface area contributed by atoms with Crippen LogP contribution in [-0.2, 0) is 14.8 Å². The molecule has 3 heterocycles. The lowest BCUT2D eigenvalue weighted by Crippen LogP contribution is -2.54.